The largest absolute Gasteiger partial charge is 0.481 e. The Kier molecular flexibility index (Phi) is 5.54. The first-order chi connectivity index (χ1) is 9.94. The molecule has 0 bridgehead atoms. The molecule has 2 rings (SSSR count). The Labute approximate surface area is 127 Å². The minimum Gasteiger partial charge on any atom is -0.481 e. The number of hydrogen-bond acceptors (Lipinski definition) is 6. The van der Waals surface area contributed by atoms with Gasteiger partial charge in [0.1, 0.15) is 0 Å². The molecule has 1 aromatic heterocycles. The van der Waals surface area contributed by atoms with Crippen molar-refractivity contribution in [1.29, 1.82) is 0 Å². The van der Waals surface area contributed by atoms with Gasteiger partial charge in [-0.2, -0.15) is 0 Å². The van der Waals surface area contributed by atoms with E-state index in [1.807, 2.05) is 0 Å². The van der Waals surface area contributed by atoms with E-state index in [2.05, 4.69) is 9.71 Å². The highest BCUT2D eigenvalue weighted by Crippen LogP contribution is 2.20. The zero-order valence-corrected chi connectivity index (χ0v) is 13.1. The van der Waals surface area contributed by atoms with Gasteiger partial charge in [0.05, 0.1) is 17.6 Å². The van der Waals surface area contributed by atoms with Gasteiger partial charge in [0.2, 0.25) is 10.0 Å². The summed E-state index contributed by atoms with van der Waals surface area (Å²) < 4.78 is 31.7. The van der Waals surface area contributed by atoms with E-state index in [-0.39, 0.29) is 18.3 Å². The first kappa shape index (κ1) is 16.2. The summed E-state index contributed by atoms with van der Waals surface area (Å²) in [6.45, 7) is 0.616. The average Bonchev–Trinajstić information content (AvgIpc) is 3.00. The number of carbonyl (C=O) groups is 1. The summed E-state index contributed by atoms with van der Waals surface area (Å²) in [5.74, 6) is -0.899. The molecule has 0 saturated carbocycles. The van der Waals surface area contributed by atoms with Crippen molar-refractivity contribution in [3.8, 4) is 0 Å². The van der Waals surface area contributed by atoms with Crippen LogP contribution in [-0.2, 0) is 26.0 Å². The molecule has 9 heteroatoms. The molecule has 7 nitrogen and oxygen atoms in total. The minimum atomic E-state index is -3.46. The van der Waals surface area contributed by atoms with Crippen molar-refractivity contribution in [1.82, 2.24) is 4.98 Å². The molecule has 0 spiro atoms. The van der Waals surface area contributed by atoms with Gasteiger partial charge in [0.15, 0.2) is 5.13 Å². The van der Waals surface area contributed by atoms with Crippen molar-refractivity contribution in [2.75, 3.05) is 17.1 Å². The van der Waals surface area contributed by atoms with E-state index in [9.17, 15) is 13.2 Å². The molecular weight excluding hydrogens is 316 g/mol. The lowest BCUT2D eigenvalue weighted by Gasteiger charge is -2.10. The Balaban J connectivity index is 1.84. The molecular formula is C12H18N2O5S2. The molecule has 1 aliphatic rings. The molecule has 0 amide bonds. The number of sulfonamides is 1. The van der Waals surface area contributed by atoms with Crippen molar-refractivity contribution in [3.63, 3.8) is 0 Å². The van der Waals surface area contributed by atoms with E-state index >= 15 is 0 Å². The summed E-state index contributed by atoms with van der Waals surface area (Å²) in [5, 5.41) is 10.6. The first-order valence-corrected chi connectivity index (χ1v) is 9.26. The van der Waals surface area contributed by atoms with Gasteiger partial charge in [-0.25, -0.2) is 13.4 Å². The van der Waals surface area contributed by atoms with Crippen LogP contribution in [0, 0.1) is 0 Å². The van der Waals surface area contributed by atoms with Gasteiger partial charge < -0.3 is 9.84 Å². The summed E-state index contributed by atoms with van der Waals surface area (Å²) in [7, 11) is -3.46. The number of ether oxygens (including phenoxy) is 1. The summed E-state index contributed by atoms with van der Waals surface area (Å²) in [6.07, 6.45) is 2.51. The number of aliphatic carboxylic acids is 1. The van der Waals surface area contributed by atoms with E-state index in [1.54, 1.807) is 5.38 Å². The highest BCUT2D eigenvalue weighted by molar-refractivity contribution is 7.92. The topological polar surface area (TPSA) is 106 Å². The molecule has 1 saturated heterocycles. The Bertz CT molecular complexity index is 578. The predicted molar refractivity (Wildman–Crippen MR) is 79.1 cm³/mol. The Morgan fingerprint density at radius 3 is 3.05 bits per heavy atom. The summed E-state index contributed by atoms with van der Waals surface area (Å²) in [6, 6.07) is 0. The number of thiazole rings is 1. The average molecular weight is 334 g/mol. The summed E-state index contributed by atoms with van der Waals surface area (Å²) in [5.41, 5.74) is 0.705. The summed E-state index contributed by atoms with van der Waals surface area (Å²) >= 11 is 1.20. The van der Waals surface area contributed by atoms with E-state index in [0.29, 0.717) is 30.3 Å². The van der Waals surface area contributed by atoms with Gasteiger partial charge in [0.25, 0.3) is 0 Å². The third-order valence-electron chi connectivity index (χ3n) is 3.05. The third kappa shape index (κ3) is 5.60. The zero-order chi connectivity index (χ0) is 15.3. The van der Waals surface area contributed by atoms with Crippen molar-refractivity contribution in [2.45, 2.75) is 38.2 Å². The lowest BCUT2D eigenvalue weighted by molar-refractivity contribution is -0.137. The maximum Gasteiger partial charge on any atom is 0.303 e. The van der Waals surface area contributed by atoms with Crippen LogP contribution in [-0.4, -0.2) is 42.9 Å². The maximum absolute atomic E-state index is 12.0. The molecule has 1 atom stereocenters. The smallest absolute Gasteiger partial charge is 0.303 e. The van der Waals surface area contributed by atoms with Gasteiger partial charge in [0, 0.05) is 18.4 Å². The van der Waals surface area contributed by atoms with Gasteiger partial charge in [-0.15, -0.1) is 11.3 Å². The monoisotopic (exact) mass is 334 g/mol. The predicted octanol–water partition coefficient (Wildman–Crippen LogP) is 1.47. The van der Waals surface area contributed by atoms with Gasteiger partial charge in [-0.05, 0) is 25.7 Å². The highest BCUT2D eigenvalue weighted by Gasteiger charge is 2.24. The first-order valence-electron chi connectivity index (χ1n) is 6.73. The number of rotatable bonds is 8. The number of carboxylic acid groups (broad SMARTS) is 1. The second-order valence-electron chi connectivity index (χ2n) is 4.91. The fraction of sp³-hybridized carbons (Fsp3) is 0.667. The second kappa shape index (κ2) is 7.19. The molecule has 21 heavy (non-hydrogen) atoms. The standard InChI is InChI=1S/C12H18N2O5S2/c15-11(16)5-1-3-9-7-20-12(13-9)14-21(17,18)8-10-4-2-6-19-10/h7,10H,1-6,8H2,(H,13,14)(H,15,16). The van der Waals surface area contributed by atoms with Crippen LogP contribution in [0.1, 0.15) is 31.4 Å². The van der Waals surface area contributed by atoms with Crippen LogP contribution in [0.2, 0.25) is 0 Å². The van der Waals surface area contributed by atoms with Crippen molar-refractivity contribution < 1.29 is 23.1 Å². The van der Waals surface area contributed by atoms with E-state index in [4.69, 9.17) is 9.84 Å². The Hall–Kier alpha value is -1.19. The summed E-state index contributed by atoms with van der Waals surface area (Å²) in [4.78, 5) is 14.6. The fourth-order valence-corrected chi connectivity index (χ4v) is 4.39. The fourth-order valence-electron chi connectivity index (χ4n) is 2.08. The van der Waals surface area contributed by atoms with Crippen molar-refractivity contribution in [3.05, 3.63) is 11.1 Å². The molecule has 0 aromatic carbocycles. The van der Waals surface area contributed by atoms with Crippen molar-refractivity contribution >= 4 is 32.5 Å². The number of nitrogens with zero attached hydrogens (tertiary/aromatic N) is 1. The second-order valence-corrected chi connectivity index (χ2v) is 7.53. The van der Waals surface area contributed by atoms with Gasteiger partial charge in [-0.3, -0.25) is 9.52 Å². The Morgan fingerprint density at radius 1 is 1.57 bits per heavy atom. The van der Waals surface area contributed by atoms with E-state index in [0.717, 1.165) is 12.8 Å². The molecule has 2 heterocycles. The quantitative estimate of drug-likeness (QED) is 0.746. The molecule has 1 aromatic rings. The van der Waals surface area contributed by atoms with E-state index in [1.165, 1.54) is 11.3 Å². The number of anilines is 1. The zero-order valence-electron chi connectivity index (χ0n) is 11.4. The molecule has 118 valence electrons. The van der Waals surface area contributed by atoms with Crippen LogP contribution < -0.4 is 4.72 Å². The molecule has 0 aliphatic carbocycles. The van der Waals surface area contributed by atoms with Gasteiger partial charge >= 0.3 is 5.97 Å². The number of nitrogens with one attached hydrogen (secondary N) is 1. The number of hydrogen-bond donors (Lipinski definition) is 2. The normalized spacial score (nSPS) is 18.8. The van der Waals surface area contributed by atoms with Crippen LogP contribution >= 0.6 is 11.3 Å². The number of aryl methyl sites for hydroxylation is 1. The number of carboxylic acids is 1. The molecule has 1 fully saturated rings. The maximum atomic E-state index is 12.0. The number of aromatic nitrogens is 1. The lowest BCUT2D eigenvalue weighted by atomic mass is 10.2. The van der Waals surface area contributed by atoms with Crippen LogP contribution in [0.3, 0.4) is 0 Å². The van der Waals surface area contributed by atoms with Crippen LogP contribution in [0.5, 0.6) is 0 Å². The molecule has 0 radical (unpaired) electrons. The molecule has 1 aliphatic heterocycles. The minimum absolute atomic E-state index is 0.0546. The molecule has 2 N–H and O–H groups in total. The molecule has 1 unspecified atom stereocenters. The van der Waals surface area contributed by atoms with Crippen LogP contribution in [0.15, 0.2) is 5.38 Å². The SMILES string of the molecule is O=C(O)CCCc1csc(NS(=O)(=O)CC2CCCO2)n1. The van der Waals surface area contributed by atoms with Gasteiger partial charge in [-0.1, -0.05) is 0 Å². The van der Waals surface area contributed by atoms with Crippen LogP contribution in [0.4, 0.5) is 5.13 Å². The lowest BCUT2D eigenvalue weighted by Crippen LogP contribution is -2.25. The van der Waals surface area contributed by atoms with Crippen LogP contribution in [0.25, 0.3) is 0 Å². The third-order valence-corrected chi connectivity index (χ3v) is 5.30. The van der Waals surface area contributed by atoms with E-state index < -0.39 is 16.0 Å². The Morgan fingerprint density at radius 2 is 2.38 bits per heavy atom. The highest BCUT2D eigenvalue weighted by atomic mass is 32.2. The van der Waals surface area contributed by atoms with Crippen molar-refractivity contribution in [2.24, 2.45) is 0 Å².